The first kappa shape index (κ1) is 36.3. The molecule has 40 heavy (non-hydrogen) atoms. The summed E-state index contributed by atoms with van der Waals surface area (Å²) in [6.07, 6.45) is 0. The fourth-order valence-corrected chi connectivity index (χ4v) is 3.51. The first-order valence-corrected chi connectivity index (χ1v) is 13.3. The molecule has 0 aromatic carbocycles. The third-order valence-electron chi connectivity index (χ3n) is 6.03. The van der Waals surface area contributed by atoms with Crippen LogP contribution in [0.2, 0.25) is 0 Å². The summed E-state index contributed by atoms with van der Waals surface area (Å²) in [5.41, 5.74) is 0. The lowest BCUT2D eigenvalue weighted by atomic mass is 9.97. The van der Waals surface area contributed by atoms with Crippen LogP contribution in [0.4, 0.5) is 0 Å². The SMILES string of the molecule is CC(=O)N[C@@H](C)C(=O)N[C@@H](C)C(=O)N[C@H](C(=O)N[C@H](C(=O)N[C@H](C(=O)N[C@@H](C)C(=O)O)C(C)C)C(C)C)C(C)C. The van der Waals surface area contributed by atoms with Gasteiger partial charge < -0.3 is 37.0 Å². The molecule has 6 atom stereocenters. The van der Waals surface area contributed by atoms with Gasteiger partial charge in [-0.15, -0.1) is 0 Å². The fourth-order valence-electron chi connectivity index (χ4n) is 3.51. The van der Waals surface area contributed by atoms with Gasteiger partial charge in [0.1, 0.15) is 36.3 Å². The van der Waals surface area contributed by atoms with E-state index < -0.39 is 89.5 Å². The van der Waals surface area contributed by atoms with Crippen LogP contribution in [-0.2, 0) is 33.6 Å². The van der Waals surface area contributed by atoms with Crippen molar-refractivity contribution in [1.82, 2.24) is 31.9 Å². The maximum Gasteiger partial charge on any atom is 0.325 e. The summed E-state index contributed by atoms with van der Waals surface area (Å²) >= 11 is 0. The molecule has 0 unspecified atom stereocenters. The first-order valence-electron chi connectivity index (χ1n) is 13.3. The largest absolute Gasteiger partial charge is 0.480 e. The molecule has 6 amide bonds. The zero-order valence-electron chi connectivity index (χ0n) is 25.0. The van der Waals surface area contributed by atoms with E-state index in [-0.39, 0.29) is 5.92 Å². The van der Waals surface area contributed by atoms with Gasteiger partial charge in [-0.1, -0.05) is 41.5 Å². The summed E-state index contributed by atoms with van der Waals surface area (Å²) in [6, 6.07) is -6.26. The molecule has 0 aromatic heterocycles. The fraction of sp³-hybridized carbons (Fsp3) is 0.731. The Balaban J connectivity index is 5.54. The van der Waals surface area contributed by atoms with E-state index in [1.165, 1.54) is 27.7 Å². The second kappa shape index (κ2) is 16.4. The van der Waals surface area contributed by atoms with Crippen molar-refractivity contribution in [3.8, 4) is 0 Å². The Morgan fingerprint density at radius 2 is 0.700 bits per heavy atom. The minimum Gasteiger partial charge on any atom is -0.480 e. The van der Waals surface area contributed by atoms with Crippen molar-refractivity contribution in [3.63, 3.8) is 0 Å². The van der Waals surface area contributed by atoms with Gasteiger partial charge in [0.15, 0.2) is 0 Å². The molecule has 0 aromatic rings. The van der Waals surface area contributed by atoms with E-state index in [9.17, 15) is 33.6 Å². The van der Waals surface area contributed by atoms with Crippen LogP contribution >= 0.6 is 0 Å². The molecule has 0 fully saturated rings. The predicted octanol–water partition coefficient (Wildman–Crippen LogP) is -0.973. The number of aliphatic carboxylic acids is 1. The Kier molecular flexibility index (Phi) is 14.9. The van der Waals surface area contributed by atoms with Gasteiger partial charge in [0.25, 0.3) is 0 Å². The molecule has 0 aliphatic carbocycles. The Labute approximate surface area is 235 Å². The molecule has 0 radical (unpaired) electrons. The number of carboxylic acids is 1. The lowest BCUT2D eigenvalue weighted by Crippen LogP contribution is -2.61. The topological polar surface area (TPSA) is 212 Å². The minimum absolute atomic E-state index is 0.388. The lowest BCUT2D eigenvalue weighted by molar-refractivity contribution is -0.142. The average Bonchev–Trinajstić information content (AvgIpc) is 2.82. The summed E-state index contributed by atoms with van der Waals surface area (Å²) in [5.74, 6) is -6.03. The number of hydrogen-bond acceptors (Lipinski definition) is 7. The van der Waals surface area contributed by atoms with Gasteiger partial charge in [-0.2, -0.15) is 0 Å². The Morgan fingerprint density at radius 1 is 0.425 bits per heavy atom. The van der Waals surface area contributed by atoms with Crippen LogP contribution in [0.15, 0.2) is 0 Å². The molecule has 0 saturated heterocycles. The van der Waals surface area contributed by atoms with E-state index in [0.29, 0.717) is 0 Å². The molecule has 0 spiro atoms. The standard InChI is InChI=1S/C26H46N6O8/c1-11(2)18(23(36)29-16(9)26(39)40)31-25(38)20(13(5)6)32-24(37)19(12(3)4)30-22(35)15(8)28-21(34)14(7)27-17(10)33/h11-16,18-20H,1-10H3,(H,27,33)(H,28,34)(H,29,36)(H,30,35)(H,31,38)(H,32,37)(H,39,40)/t14-,15-,16-,18-,19-,20-/m0/s1. The number of amides is 6. The number of nitrogens with one attached hydrogen (secondary N) is 6. The summed E-state index contributed by atoms with van der Waals surface area (Å²) < 4.78 is 0. The van der Waals surface area contributed by atoms with Gasteiger partial charge in [0.05, 0.1) is 0 Å². The van der Waals surface area contributed by atoms with Crippen LogP contribution in [-0.4, -0.2) is 82.8 Å². The van der Waals surface area contributed by atoms with Crippen LogP contribution < -0.4 is 31.9 Å². The van der Waals surface area contributed by atoms with Gasteiger partial charge in [0, 0.05) is 6.92 Å². The molecule has 7 N–H and O–H groups in total. The van der Waals surface area contributed by atoms with Crippen molar-refractivity contribution in [2.24, 2.45) is 17.8 Å². The molecular formula is C26H46N6O8. The number of rotatable bonds is 15. The van der Waals surface area contributed by atoms with E-state index in [1.54, 1.807) is 41.5 Å². The molecule has 0 rings (SSSR count). The highest BCUT2D eigenvalue weighted by Gasteiger charge is 2.34. The van der Waals surface area contributed by atoms with Crippen LogP contribution in [0.3, 0.4) is 0 Å². The van der Waals surface area contributed by atoms with Gasteiger partial charge in [0.2, 0.25) is 35.4 Å². The Hall–Kier alpha value is -3.71. The number of hydrogen-bond donors (Lipinski definition) is 7. The van der Waals surface area contributed by atoms with Crippen LogP contribution in [0.1, 0.15) is 69.2 Å². The summed E-state index contributed by atoms with van der Waals surface area (Å²) in [6.45, 7) is 15.6. The normalized spacial score (nSPS) is 15.6. The highest BCUT2D eigenvalue weighted by molar-refractivity contribution is 5.96. The zero-order valence-corrected chi connectivity index (χ0v) is 25.0. The lowest BCUT2D eigenvalue weighted by Gasteiger charge is -2.30. The molecule has 0 aliphatic rings. The van der Waals surface area contributed by atoms with Crippen LogP contribution in [0, 0.1) is 17.8 Å². The molecule has 0 heterocycles. The molecule has 14 nitrogen and oxygen atoms in total. The zero-order chi connectivity index (χ0) is 31.5. The maximum atomic E-state index is 13.2. The van der Waals surface area contributed by atoms with Crippen molar-refractivity contribution in [3.05, 3.63) is 0 Å². The molecule has 0 saturated carbocycles. The first-order chi connectivity index (χ1) is 18.3. The summed E-state index contributed by atoms with van der Waals surface area (Å²) in [7, 11) is 0. The van der Waals surface area contributed by atoms with Crippen molar-refractivity contribution in [2.75, 3.05) is 0 Å². The second-order valence-corrected chi connectivity index (χ2v) is 10.9. The number of carboxylic acid groups (broad SMARTS) is 1. The predicted molar refractivity (Wildman–Crippen MR) is 146 cm³/mol. The smallest absolute Gasteiger partial charge is 0.325 e. The van der Waals surface area contributed by atoms with Crippen LogP contribution in [0.5, 0.6) is 0 Å². The number of carbonyl (C=O) groups excluding carboxylic acids is 6. The van der Waals surface area contributed by atoms with Crippen LogP contribution in [0.25, 0.3) is 0 Å². The van der Waals surface area contributed by atoms with Gasteiger partial charge in [-0.25, -0.2) is 0 Å². The van der Waals surface area contributed by atoms with Gasteiger partial charge >= 0.3 is 5.97 Å². The second-order valence-electron chi connectivity index (χ2n) is 10.9. The third-order valence-corrected chi connectivity index (χ3v) is 6.03. The Bertz CT molecular complexity index is 951. The maximum absolute atomic E-state index is 13.2. The quantitative estimate of drug-likeness (QED) is 0.130. The monoisotopic (exact) mass is 570 g/mol. The Morgan fingerprint density at radius 3 is 1.02 bits per heavy atom. The van der Waals surface area contributed by atoms with E-state index in [0.717, 1.165) is 0 Å². The third kappa shape index (κ3) is 12.0. The van der Waals surface area contributed by atoms with Gasteiger partial charge in [-0.3, -0.25) is 33.6 Å². The number of carbonyl (C=O) groups is 7. The van der Waals surface area contributed by atoms with Crippen molar-refractivity contribution in [1.29, 1.82) is 0 Å². The molecule has 0 bridgehead atoms. The van der Waals surface area contributed by atoms with Gasteiger partial charge in [-0.05, 0) is 38.5 Å². The summed E-state index contributed by atoms with van der Waals surface area (Å²) in [4.78, 5) is 86.3. The highest BCUT2D eigenvalue weighted by atomic mass is 16.4. The van der Waals surface area contributed by atoms with Crippen molar-refractivity contribution < 1.29 is 38.7 Å². The summed E-state index contributed by atoms with van der Waals surface area (Å²) in [5, 5.41) is 24.1. The van der Waals surface area contributed by atoms with E-state index in [4.69, 9.17) is 5.11 Å². The molecular weight excluding hydrogens is 524 g/mol. The highest BCUT2D eigenvalue weighted by Crippen LogP contribution is 2.09. The van der Waals surface area contributed by atoms with Crippen molar-refractivity contribution in [2.45, 2.75) is 105 Å². The van der Waals surface area contributed by atoms with E-state index in [2.05, 4.69) is 31.9 Å². The van der Waals surface area contributed by atoms with Crippen molar-refractivity contribution >= 4 is 41.4 Å². The molecule has 228 valence electrons. The van der Waals surface area contributed by atoms with E-state index in [1.807, 2.05) is 0 Å². The minimum atomic E-state index is -1.23. The molecule has 14 heteroatoms. The average molecular weight is 571 g/mol. The molecule has 0 aliphatic heterocycles. The van der Waals surface area contributed by atoms with E-state index >= 15 is 0 Å².